The number of aliphatic hydroxyl groups is 1. The molecule has 3 fully saturated rings. The van der Waals surface area contributed by atoms with Crippen LogP contribution >= 0.6 is 0 Å². The molecular weight excluding hydrogens is 610 g/mol. The van der Waals surface area contributed by atoms with Crippen LogP contribution in [0.2, 0.25) is 0 Å². The lowest BCUT2D eigenvalue weighted by atomic mass is 9.77. The average Bonchev–Trinajstić information content (AvgIpc) is 3.03. The lowest BCUT2D eigenvalue weighted by Crippen LogP contribution is -2.74. The highest BCUT2D eigenvalue weighted by molar-refractivity contribution is 7.88. The van der Waals surface area contributed by atoms with E-state index in [1.54, 1.807) is 36.2 Å². The summed E-state index contributed by atoms with van der Waals surface area (Å²) in [6.07, 6.45) is 6.07. The Morgan fingerprint density at radius 1 is 0.978 bits per heavy atom. The Hall–Kier alpha value is -3.52. The van der Waals surface area contributed by atoms with Gasteiger partial charge in [-0.2, -0.15) is 0 Å². The molecule has 2 aromatic rings. The molecule has 12 nitrogen and oxygen atoms in total. The van der Waals surface area contributed by atoms with E-state index in [0.717, 1.165) is 31.1 Å². The van der Waals surface area contributed by atoms with Crippen molar-refractivity contribution in [1.82, 2.24) is 25.2 Å². The minimum Gasteiger partial charge on any atom is -0.457 e. The maximum absolute atomic E-state index is 13.9. The molecule has 3 amide bonds. The molecule has 2 saturated heterocycles. The molecule has 46 heavy (non-hydrogen) atoms. The van der Waals surface area contributed by atoms with Gasteiger partial charge in [0.25, 0.3) is 5.91 Å². The quantitative estimate of drug-likeness (QED) is 0.287. The van der Waals surface area contributed by atoms with Gasteiger partial charge < -0.3 is 25.4 Å². The number of rotatable bonds is 11. The Labute approximate surface area is 270 Å². The van der Waals surface area contributed by atoms with Crippen molar-refractivity contribution < 1.29 is 32.6 Å². The first-order valence-corrected chi connectivity index (χ1v) is 17.9. The Kier molecular flexibility index (Phi) is 10.4. The van der Waals surface area contributed by atoms with Crippen LogP contribution in [0.3, 0.4) is 0 Å². The second-order valence-electron chi connectivity index (χ2n) is 12.8. The lowest BCUT2D eigenvalue weighted by molar-refractivity contribution is -0.163. The Balaban J connectivity index is 1.21. The lowest BCUT2D eigenvalue weighted by Gasteiger charge is -2.52. The summed E-state index contributed by atoms with van der Waals surface area (Å²) in [5, 5.41) is 16.7. The van der Waals surface area contributed by atoms with Crippen molar-refractivity contribution >= 4 is 27.7 Å². The number of ether oxygens (including phenoxy) is 1. The van der Waals surface area contributed by atoms with Crippen LogP contribution in [-0.2, 0) is 26.2 Å². The number of carbonyl (C=O) groups is 3. The number of carbonyl (C=O) groups excluding carboxylic acids is 3. The Bertz CT molecular complexity index is 1500. The summed E-state index contributed by atoms with van der Waals surface area (Å²) in [4.78, 5) is 43.2. The smallest absolute Gasteiger partial charge is 0.251 e. The highest BCUT2D eigenvalue weighted by Gasteiger charge is 2.54. The molecule has 2 aliphatic heterocycles. The fraction of sp³-hybridized carbons (Fsp3) is 0.545. The van der Waals surface area contributed by atoms with Crippen LogP contribution < -0.4 is 20.1 Å². The van der Waals surface area contributed by atoms with Crippen LogP contribution in [0.15, 0.2) is 48.5 Å². The van der Waals surface area contributed by atoms with Crippen LogP contribution in [0.4, 0.5) is 0 Å². The van der Waals surface area contributed by atoms with Gasteiger partial charge in [-0.15, -0.1) is 0 Å². The molecule has 2 aromatic carbocycles. The highest BCUT2D eigenvalue weighted by Crippen LogP contribution is 2.37. The van der Waals surface area contributed by atoms with E-state index >= 15 is 0 Å². The molecule has 1 aliphatic carbocycles. The molecule has 0 radical (unpaired) electrons. The molecule has 1 spiro atoms. The Morgan fingerprint density at radius 3 is 2.17 bits per heavy atom. The molecule has 3 aliphatic rings. The number of sulfonamides is 1. The van der Waals surface area contributed by atoms with Crippen molar-refractivity contribution in [3.05, 3.63) is 59.7 Å². The van der Waals surface area contributed by atoms with E-state index < -0.39 is 27.2 Å². The van der Waals surface area contributed by atoms with Crippen molar-refractivity contribution in [1.29, 1.82) is 0 Å². The molecule has 13 heteroatoms. The van der Waals surface area contributed by atoms with Crippen LogP contribution in [0.25, 0.3) is 0 Å². The molecular formula is C33H45N5O7S. The van der Waals surface area contributed by atoms with E-state index in [4.69, 9.17) is 4.74 Å². The van der Waals surface area contributed by atoms with Gasteiger partial charge in [0.05, 0.1) is 11.9 Å². The first kappa shape index (κ1) is 33.8. The van der Waals surface area contributed by atoms with Gasteiger partial charge in [0, 0.05) is 51.8 Å². The number of hydrogen-bond acceptors (Lipinski definition) is 8. The molecule has 0 aromatic heterocycles. The first-order valence-electron chi connectivity index (χ1n) is 16.0. The number of nitrogens with one attached hydrogen (secondary N) is 3. The molecule has 5 rings (SSSR count). The van der Waals surface area contributed by atoms with Crippen LogP contribution in [0.5, 0.6) is 11.5 Å². The molecule has 2 heterocycles. The predicted molar refractivity (Wildman–Crippen MR) is 173 cm³/mol. The highest BCUT2D eigenvalue weighted by atomic mass is 32.2. The van der Waals surface area contributed by atoms with Crippen LogP contribution in [-0.4, -0.2) is 97.7 Å². The third-order valence-electron chi connectivity index (χ3n) is 9.47. The molecule has 0 unspecified atom stereocenters. The first-order chi connectivity index (χ1) is 21.9. The SMILES string of the molecule is CNC(=O)c1ccc(Oc2ccc(CN3CCC4(CC3)C(=O)N[C@H](CC3(O)CCCCC3)C(=O)N4CCNS(C)(=O)=O)cc2)cc1. The number of piperidine rings is 1. The molecule has 4 N–H and O–H groups in total. The van der Waals surface area contributed by atoms with Gasteiger partial charge in [-0.05, 0) is 67.6 Å². The average molecular weight is 656 g/mol. The maximum atomic E-state index is 13.9. The standard InChI is InChI=1S/C33H45N5O7S/c1-34-29(39)25-8-12-27(13-9-25)45-26-10-6-24(7-11-26)23-37-19-16-33(17-20-37)31(41)36-28(22-32(42)14-4-3-5-15-32)30(40)38(33)21-18-35-46(2,43)44/h6-13,28,35,42H,3-5,14-23H2,1-2H3,(H,34,39)(H,36,41)/t28-/m1/s1. The van der Waals surface area contributed by atoms with Gasteiger partial charge in [0.1, 0.15) is 23.1 Å². The number of amides is 3. The summed E-state index contributed by atoms with van der Waals surface area (Å²) in [7, 11) is -1.89. The second kappa shape index (κ2) is 14.1. The predicted octanol–water partition coefficient (Wildman–Crippen LogP) is 2.13. The number of benzene rings is 2. The van der Waals surface area contributed by atoms with E-state index in [1.165, 1.54) is 0 Å². The van der Waals surface area contributed by atoms with Gasteiger partial charge in [-0.3, -0.25) is 19.3 Å². The monoisotopic (exact) mass is 655 g/mol. The maximum Gasteiger partial charge on any atom is 0.251 e. The normalized spacial score (nSPS) is 21.5. The molecule has 0 bridgehead atoms. The second-order valence-corrected chi connectivity index (χ2v) is 14.7. The zero-order chi connectivity index (χ0) is 33.0. The molecule has 250 valence electrons. The summed E-state index contributed by atoms with van der Waals surface area (Å²) in [5.41, 5.74) is -0.453. The minimum absolute atomic E-state index is 0.00689. The van der Waals surface area contributed by atoms with E-state index in [-0.39, 0.29) is 37.2 Å². The van der Waals surface area contributed by atoms with Crippen molar-refractivity contribution in [3.63, 3.8) is 0 Å². The molecule has 1 saturated carbocycles. The topological polar surface area (TPSA) is 157 Å². The van der Waals surface area contributed by atoms with Crippen molar-refractivity contribution in [3.8, 4) is 11.5 Å². The summed E-state index contributed by atoms with van der Waals surface area (Å²) >= 11 is 0. The summed E-state index contributed by atoms with van der Waals surface area (Å²) in [6.45, 7) is 1.87. The fourth-order valence-corrected chi connectivity index (χ4v) is 7.39. The van der Waals surface area contributed by atoms with Gasteiger partial charge in [0.15, 0.2) is 0 Å². The summed E-state index contributed by atoms with van der Waals surface area (Å²) < 4.78 is 31.9. The van der Waals surface area contributed by atoms with E-state index in [9.17, 15) is 27.9 Å². The van der Waals surface area contributed by atoms with E-state index in [0.29, 0.717) is 62.4 Å². The van der Waals surface area contributed by atoms with E-state index in [1.807, 2.05) is 24.3 Å². The molecule has 1 atom stereocenters. The van der Waals surface area contributed by atoms with Crippen molar-refractivity contribution in [2.75, 3.05) is 39.5 Å². The fourth-order valence-electron chi connectivity index (χ4n) is 6.93. The van der Waals surface area contributed by atoms with Crippen LogP contribution in [0, 0.1) is 0 Å². The van der Waals surface area contributed by atoms with Crippen LogP contribution in [0.1, 0.15) is 67.3 Å². The third-order valence-corrected chi connectivity index (χ3v) is 10.2. The third kappa shape index (κ3) is 8.06. The minimum atomic E-state index is -3.47. The van der Waals surface area contributed by atoms with Crippen molar-refractivity contribution in [2.24, 2.45) is 0 Å². The zero-order valence-electron chi connectivity index (χ0n) is 26.6. The van der Waals surface area contributed by atoms with Gasteiger partial charge in [-0.1, -0.05) is 31.4 Å². The van der Waals surface area contributed by atoms with E-state index in [2.05, 4.69) is 20.3 Å². The van der Waals surface area contributed by atoms with Crippen molar-refractivity contribution in [2.45, 2.75) is 75.1 Å². The number of likely N-dealkylation sites (tertiary alicyclic amines) is 1. The number of hydrogen-bond donors (Lipinski definition) is 4. The summed E-state index contributed by atoms with van der Waals surface area (Å²) in [5.74, 6) is 0.623. The largest absolute Gasteiger partial charge is 0.457 e. The van der Waals surface area contributed by atoms with Gasteiger partial charge in [0.2, 0.25) is 21.8 Å². The number of nitrogens with zero attached hydrogens (tertiary/aromatic N) is 2. The van der Waals surface area contributed by atoms with Gasteiger partial charge in [-0.25, -0.2) is 13.1 Å². The van der Waals surface area contributed by atoms with Gasteiger partial charge >= 0.3 is 0 Å². The summed E-state index contributed by atoms with van der Waals surface area (Å²) in [6, 6.07) is 13.8. The Morgan fingerprint density at radius 2 is 1.59 bits per heavy atom. The zero-order valence-corrected chi connectivity index (χ0v) is 27.4. The number of piperazine rings is 1.